The van der Waals surface area contributed by atoms with Gasteiger partial charge in [-0.25, -0.2) is 4.79 Å². The molecule has 1 atom stereocenters. The number of rotatable bonds is 9. The lowest BCUT2D eigenvalue weighted by Crippen LogP contribution is -2.17. The Hall–Kier alpha value is -2.53. The van der Waals surface area contributed by atoms with Gasteiger partial charge in [0.1, 0.15) is 11.5 Å². The Labute approximate surface area is 148 Å². The zero-order valence-corrected chi connectivity index (χ0v) is 14.9. The van der Waals surface area contributed by atoms with Gasteiger partial charge in [-0.2, -0.15) is 0 Å². The molecular weight excluding hydrogens is 320 g/mol. The third-order valence-corrected chi connectivity index (χ3v) is 3.60. The molecule has 0 saturated heterocycles. The molecule has 2 rings (SSSR count). The van der Waals surface area contributed by atoms with Gasteiger partial charge in [0.25, 0.3) is 0 Å². The molecular formula is C20H24O5. The molecule has 5 nitrogen and oxygen atoms in total. The van der Waals surface area contributed by atoms with Gasteiger partial charge in [-0.15, -0.1) is 0 Å². The molecule has 2 aromatic carbocycles. The van der Waals surface area contributed by atoms with Gasteiger partial charge >= 0.3 is 5.97 Å². The van der Waals surface area contributed by atoms with Crippen molar-refractivity contribution in [3.8, 4) is 11.5 Å². The number of hydrogen-bond donors (Lipinski definition) is 0. The monoisotopic (exact) mass is 344 g/mol. The second-order valence-corrected chi connectivity index (χ2v) is 5.33. The quantitative estimate of drug-likeness (QED) is 0.511. The maximum absolute atomic E-state index is 12.0. The number of methoxy groups -OCH3 is 1. The fourth-order valence-electron chi connectivity index (χ4n) is 2.44. The summed E-state index contributed by atoms with van der Waals surface area (Å²) in [6.07, 6.45) is 0.110. The van der Waals surface area contributed by atoms with Crippen molar-refractivity contribution in [3.05, 3.63) is 59.7 Å². The first-order chi connectivity index (χ1) is 12.2. The van der Waals surface area contributed by atoms with E-state index in [1.807, 2.05) is 38.1 Å². The van der Waals surface area contributed by atoms with E-state index in [0.717, 1.165) is 5.56 Å². The van der Waals surface area contributed by atoms with Gasteiger partial charge in [0.05, 0.1) is 19.3 Å². The van der Waals surface area contributed by atoms with E-state index < -0.39 is 0 Å². The predicted octanol–water partition coefficient (Wildman–Crippen LogP) is 3.86. The normalized spacial score (nSPS) is 11.6. The molecule has 0 heterocycles. The van der Waals surface area contributed by atoms with Gasteiger partial charge in [-0.05, 0) is 38.1 Å². The summed E-state index contributed by atoms with van der Waals surface area (Å²) in [7, 11) is 1.60. The molecule has 0 amide bonds. The Balaban J connectivity index is 2.03. The maximum Gasteiger partial charge on any atom is 0.338 e. The van der Waals surface area contributed by atoms with Gasteiger partial charge in [0.2, 0.25) is 0 Å². The summed E-state index contributed by atoms with van der Waals surface area (Å²) in [5.41, 5.74) is 1.38. The van der Waals surface area contributed by atoms with Gasteiger partial charge in [0, 0.05) is 18.6 Å². The molecule has 1 unspecified atom stereocenters. The second kappa shape index (κ2) is 9.69. The smallest absolute Gasteiger partial charge is 0.338 e. The zero-order valence-electron chi connectivity index (χ0n) is 14.9. The minimum Gasteiger partial charge on any atom is -0.496 e. The Morgan fingerprint density at radius 1 is 1.04 bits per heavy atom. The molecule has 0 aliphatic rings. The highest BCUT2D eigenvalue weighted by Gasteiger charge is 2.14. The van der Waals surface area contributed by atoms with Gasteiger partial charge in [-0.3, -0.25) is 0 Å². The minimum atomic E-state index is -0.372. The maximum atomic E-state index is 12.0. The van der Waals surface area contributed by atoms with Crippen LogP contribution in [-0.2, 0) is 15.9 Å². The van der Waals surface area contributed by atoms with Crippen molar-refractivity contribution in [1.82, 2.24) is 0 Å². The third kappa shape index (κ3) is 5.50. The molecule has 0 saturated carbocycles. The van der Waals surface area contributed by atoms with Crippen LogP contribution in [0.3, 0.4) is 0 Å². The van der Waals surface area contributed by atoms with Gasteiger partial charge < -0.3 is 18.9 Å². The minimum absolute atomic E-state index is 0.230. The van der Waals surface area contributed by atoms with Crippen LogP contribution in [0.2, 0.25) is 0 Å². The lowest BCUT2D eigenvalue weighted by molar-refractivity contribution is -0.0619. The summed E-state index contributed by atoms with van der Waals surface area (Å²) in [6, 6.07) is 14.5. The van der Waals surface area contributed by atoms with Crippen molar-refractivity contribution >= 4 is 5.97 Å². The van der Waals surface area contributed by atoms with E-state index in [1.165, 1.54) is 0 Å². The third-order valence-electron chi connectivity index (χ3n) is 3.60. The van der Waals surface area contributed by atoms with Crippen molar-refractivity contribution < 1.29 is 23.7 Å². The lowest BCUT2D eigenvalue weighted by Gasteiger charge is -2.19. The van der Waals surface area contributed by atoms with Crippen LogP contribution in [-0.4, -0.2) is 32.6 Å². The Bertz CT molecular complexity index is 669. The number of ether oxygens (including phenoxy) is 4. The molecule has 134 valence electrons. The first kappa shape index (κ1) is 18.8. The fraction of sp³-hybridized carbons (Fsp3) is 0.350. The number of esters is 1. The fourth-order valence-corrected chi connectivity index (χ4v) is 2.44. The zero-order chi connectivity index (χ0) is 18.1. The van der Waals surface area contributed by atoms with E-state index in [-0.39, 0.29) is 18.9 Å². The number of carbonyl (C=O) groups excluding carboxylic acids is 1. The van der Waals surface area contributed by atoms with Crippen molar-refractivity contribution in [2.75, 3.05) is 20.3 Å². The first-order valence-corrected chi connectivity index (χ1v) is 8.32. The average Bonchev–Trinajstić information content (AvgIpc) is 2.63. The second-order valence-electron chi connectivity index (χ2n) is 5.33. The number of benzene rings is 2. The molecule has 0 spiro atoms. The first-order valence-electron chi connectivity index (χ1n) is 8.32. The number of carbonyl (C=O) groups is 1. The van der Waals surface area contributed by atoms with E-state index in [4.69, 9.17) is 18.9 Å². The van der Waals surface area contributed by atoms with E-state index in [2.05, 4.69) is 0 Å². The molecule has 5 heteroatoms. The molecule has 0 fully saturated rings. The van der Waals surface area contributed by atoms with Crippen LogP contribution in [0.5, 0.6) is 11.5 Å². The molecule has 0 aliphatic carbocycles. The van der Waals surface area contributed by atoms with Crippen molar-refractivity contribution in [2.24, 2.45) is 0 Å². The average molecular weight is 344 g/mol. The van der Waals surface area contributed by atoms with E-state index in [9.17, 15) is 4.79 Å². The Kier molecular flexibility index (Phi) is 7.29. The molecule has 0 N–H and O–H groups in total. The summed E-state index contributed by atoms with van der Waals surface area (Å²) in [5.74, 6) is 1.01. The van der Waals surface area contributed by atoms with Crippen LogP contribution in [0.15, 0.2) is 48.5 Å². The lowest BCUT2D eigenvalue weighted by atomic mass is 10.1. The Morgan fingerprint density at radius 3 is 2.44 bits per heavy atom. The number of hydrogen-bond acceptors (Lipinski definition) is 5. The van der Waals surface area contributed by atoms with Crippen molar-refractivity contribution in [1.29, 1.82) is 0 Å². The van der Waals surface area contributed by atoms with E-state index >= 15 is 0 Å². The Morgan fingerprint density at radius 2 is 1.76 bits per heavy atom. The molecule has 25 heavy (non-hydrogen) atoms. The molecule has 0 aromatic heterocycles. The molecule has 0 aliphatic heterocycles. The standard InChI is InChI=1S/C20H24O5/c1-4-23-15(2)25-19-12-8-11-18(22-3)17(19)13-14-24-20(21)16-9-6-5-7-10-16/h5-12,15H,4,13-14H2,1-3H3. The SMILES string of the molecule is CCOC(C)Oc1cccc(OC)c1CCOC(=O)c1ccccc1. The van der Waals surface area contributed by atoms with Crippen LogP contribution in [0, 0.1) is 0 Å². The largest absolute Gasteiger partial charge is 0.496 e. The van der Waals surface area contributed by atoms with E-state index in [0.29, 0.717) is 30.1 Å². The van der Waals surface area contributed by atoms with Crippen LogP contribution < -0.4 is 9.47 Å². The van der Waals surface area contributed by atoms with Crippen LogP contribution >= 0.6 is 0 Å². The highest BCUT2D eigenvalue weighted by Crippen LogP contribution is 2.30. The van der Waals surface area contributed by atoms with Crippen LogP contribution in [0.1, 0.15) is 29.8 Å². The summed E-state index contributed by atoms with van der Waals surface area (Å²) >= 11 is 0. The topological polar surface area (TPSA) is 54.0 Å². The van der Waals surface area contributed by atoms with Gasteiger partial charge in [-0.1, -0.05) is 24.3 Å². The highest BCUT2D eigenvalue weighted by molar-refractivity contribution is 5.89. The van der Waals surface area contributed by atoms with Gasteiger partial charge in [0.15, 0.2) is 6.29 Å². The molecule has 0 radical (unpaired) electrons. The summed E-state index contributed by atoms with van der Waals surface area (Å²) in [5, 5.41) is 0. The van der Waals surface area contributed by atoms with E-state index in [1.54, 1.807) is 31.4 Å². The summed E-state index contributed by atoms with van der Waals surface area (Å²) in [6.45, 7) is 4.54. The molecule has 2 aromatic rings. The van der Waals surface area contributed by atoms with Crippen molar-refractivity contribution in [2.45, 2.75) is 26.6 Å². The predicted molar refractivity (Wildman–Crippen MR) is 95.1 cm³/mol. The van der Waals surface area contributed by atoms with Crippen LogP contribution in [0.25, 0.3) is 0 Å². The molecule has 0 bridgehead atoms. The highest BCUT2D eigenvalue weighted by atomic mass is 16.7. The summed E-state index contributed by atoms with van der Waals surface area (Å²) < 4.78 is 22.0. The summed E-state index contributed by atoms with van der Waals surface area (Å²) in [4.78, 5) is 12.0. The van der Waals surface area contributed by atoms with Crippen LogP contribution in [0.4, 0.5) is 0 Å². The van der Waals surface area contributed by atoms with Crippen molar-refractivity contribution in [3.63, 3.8) is 0 Å².